The summed E-state index contributed by atoms with van der Waals surface area (Å²) in [5.41, 5.74) is 4.83. The smallest absolute Gasteiger partial charge is 0.410 e. The molecular weight excluding hydrogens is 436 g/mol. The SMILES string of the molecule is C[C@]12CC[C@@H]3c4ccc(OC(=O)Nc5ccc(N6CCCCC6)cc5)cc4CC[C@H]3[C@@H]1CC[C@@H]2O. The van der Waals surface area contributed by atoms with Gasteiger partial charge in [0.2, 0.25) is 0 Å². The number of amides is 1. The zero-order valence-corrected chi connectivity index (χ0v) is 20.8. The standard InChI is InChI=1S/C30H38N2O3/c1-30-16-15-25-24-12-10-23(19-20(24)5-11-26(25)27(30)13-14-28(30)33)35-29(34)31-21-6-8-22(9-7-21)32-17-3-2-4-18-32/h6-10,12,19,25-28,33H,2-5,11,13-18H2,1H3,(H,31,34)/t25-,26-,27+,28+,30+/m1/s1. The number of rotatable bonds is 3. The van der Waals surface area contributed by atoms with Gasteiger partial charge in [-0.05, 0) is 128 Å². The number of carbonyl (C=O) groups is 1. The molecule has 3 aliphatic carbocycles. The number of fused-ring (bicyclic) bond motifs is 5. The van der Waals surface area contributed by atoms with Gasteiger partial charge < -0.3 is 14.7 Å². The van der Waals surface area contributed by atoms with E-state index in [9.17, 15) is 9.90 Å². The second kappa shape index (κ2) is 9.16. The minimum absolute atomic E-state index is 0.103. The van der Waals surface area contributed by atoms with Crippen LogP contribution in [-0.2, 0) is 6.42 Å². The molecule has 4 aliphatic rings. The van der Waals surface area contributed by atoms with E-state index in [-0.39, 0.29) is 11.5 Å². The van der Waals surface area contributed by atoms with Gasteiger partial charge in [-0.3, -0.25) is 5.32 Å². The molecule has 3 fully saturated rings. The van der Waals surface area contributed by atoms with Crippen molar-refractivity contribution in [1.29, 1.82) is 0 Å². The average molecular weight is 475 g/mol. The molecule has 5 nitrogen and oxygen atoms in total. The van der Waals surface area contributed by atoms with Crippen molar-refractivity contribution in [1.82, 2.24) is 0 Å². The van der Waals surface area contributed by atoms with Crippen molar-refractivity contribution in [3.8, 4) is 5.75 Å². The van der Waals surface area contributed by atoms with Crippen LogP contribution in [0.1, 0.15) is 75.3 Å². The highest BCUT2D eigenvalue weighted by atomic mass is 16.6. The number of aliphatic hydroxyl groups excluding tert-OH is 1. The van der Waals surface area contributed by atoms with E-state index in [2.05, 4.69) is 41.4 Å². The molecule has 5 atom stereocenters. The van der Waals surface area contributed by atoms with Crippen LogP contribution in [0.15, 0.2) is 42.5 Å². The Labute approximate surface area is 208 Å². The van der Waals surface area contributed by atoms with E-state index in [0.717, 1.165) is 50.9 Å². The summed E-state index contributed by atoms with van der Waals surface area (Å²) in [6, 6.07) is 14.3. The quantitative estimate of drug-likeness (QED) is 0.533. The van der Waals surface area contributed by atoms with Gasteiger partial charge >= 0.3 is 6.09 Å². The Morgan fingerprint density at radius 1 is 1.03 bits per heavy atom. The van der Waals surface area contributed by atoms with Gasteiger partial charge in [0.1, 0.15) is 5.75 Å². The first-order chi connectivity index (χ1) is 17.0. The third-order valence-corrected chi connectivity index (χ3v) is 9.69. The summed E-state index contributed by atoms with van der Waals surface area (Å²) < 4.78 is 5.67. The summed E-state index contributed by atoms with van der Waals surface area (Å²) in [5, 5.41) is 13.5. The average Bonchev–Trinajstić information content (AvgIpc) is 3.19. The van der Waals surface area contributed by atoms with E-state index in [1.807, 2.05) is 18.2 Å². The second-order valence-electron chi connectivity index (χ2n) is 11.5. The third-order valence-electron chi connectivity index (χ3n) is 9.69. The predicted molar refractivity (Wildman–Crippen MR) is 139 cm³/mol. The third kappa shape index (κ3) is 4.22. The summed E-state index contributed by atoms with van der Waals surface area (Å²) >= 11 is 0. The van der Waals surface area contributed by atoms with Gasteiger partial charge in [-0.15, -0.1) is 0 Å². The number of piperidine rings is 1. The molecule has 0 aromatic heterocycles. The Kier molecular flexibility index (Phi) is 6.00. The van der Waals surface area contributed by atoms with Crippen LogP contribution in [0.4, 0.5) is 16.2 Å². The lowest BCUT2D eigenvalue weighted by Gasteiger charge is -2.50. The number of hydrogen-bond donors (Lipinski definition) is 2. The Morgan fingerprint density at radius 2 is 1.83 bits per heavy atom. The van der Waals surface area contributed by atoms with E-state index in [1.165, 1.54) is 42.5 Å². The molecule has 2 aromatic rings. The second-order valence-corrected chi connectivity index (χ2v) is 11.5. The molecule has 0 radical (unpaired) electrons. The molecule has 5 heteroatoms. The Bertz CT molecular complexity index is 1080. The molecule has 35 heavy (non-hydrogen) atoms. The highest BCUT2D eigenvalue weighted by Crippen LogP contribution is 2.60. The molecule has 1 aliphatic heterocycles. The Balaban J connectivity index is 1.10. The van der Waals surface area contributed by atoms with E-state index >= 15 is 0 Å². The fraction of sp³-hybridized carbons (Fsp3) is 0.567. The van der Waals surface area contributed by atoms with Crippen LogP contribution in [0.2, 0.25) is 0 Å². The van der Waals surface area contributed by atoms with Crippen molar-refractivity contribution in [2.24, 2.45) is 17.3 Å². The van der Waals surface area contributed by atoms with Gasteiger partial charge in [-0.1, -0.05) is 13.0 Å². The minimum atomic E-state index is -0.447. The molecule has 1 amide bonds. The van der Waals surface area contributed by atoms with Crippen LogP contribution in [0.25, 0.3) is 0 Å². The maximum absolute atomic E-state index is 12.6. The zero-order valence-electron chi connectivity index (χ0n) is 20.8. The van der Waals surface area contributed by atoms with Crippen LogP contribution in [0.5, 0.6) is 5.75 Å². The van der Waals surface area contributed by atoms with Crippen molar-refractivity contribution in [3.63, 3.8) is 0 Å². The first-order valence-electron chi connectivity index (χ1n) is 13.7. The van der Waals surface area contributed by atoms with Gasteiger partial charge in [0.05, 0.1) is 6.10 Å². The van der Waals surface area contributed by atoms with E-state index in [1.54, 1.807) is 0 Å². The van der Waals surface area contributed by atoms with Crippen molar-refractivity contribution in [2.75, 3.05) is 23.3 Å². The molecule has 1 heterocycles. The van der Waals surface area contributed by atoms with Gasteiger partial charge in [-0.25, -0.2) is 4.79 Å². The Hall–Kier alpha value is -2.53. The number of benzene rings is 2. The monoisotopic (exact) mass is 474 g/mol. The lowest BCUT2D eigenvalue weighted by molar-refractivity contribution is -0.0226. The molecule has 0 spiro atoms. The number of aliphatic hydroxyl groups is 1. The number of nitrogens with zero attached hydrogens (tertiary/aromatic N) is 1. The molecular formula is C30H38N2O3. The van der Waals surface area contributed by atoms with Gasteiger partial charge in [-0.2, -0.15) is 0 Å². The molecule has 1 saturated heterocycles. The number of ether oxygens (including phenoxy) is 1. The number of nitrogens with one attached hydrogen (secondary N) is 1. The fourth-order valence-electron chi connectivity index (χ4n) is 7.75. The van der Waals surface area contributed by atoms with Crippen LogP contribution in [0, 0.1) is 17.3 Å². The summed E-state index contributed by atoms with van der Waals surface area (Å²) in [5.74, 6) is 2.48. The number of carbonyl (C=O) groups excluding carboxylic acids is 1. The lowest BCUT2D eigenvalue weighted by Crippen LogP contribution is -2.43. The minimum Gasteiger partial charge on any atom is -0.410 e. The summed E-state index contributed by atoms with van der Waals surface area (Å²) in [4.78, 5) is 15.0. The first kappa shape index (κ1) is 22.9. The van der Waals surface area contributed by atoms with Gasteiger partial charge in [0, 0.05) is 24.5 Å². The maximum Gasteiger partial charge on any atom is 0.417 e. The zero-order chi connectivity index (χ0) is 24.0. The largest absolute Gasteiger partial charge is 0.417 e. The molecule has 2 aromatic carbocycles. The summed E-state index contributed by atoms with van der Waals surface area (Å²) in [6.45, 7) is 4.53. The first-order valence-corrected chi connectivity index (χ1v) is 13.7. The topological polar surface area (TPSA) is 61.8 Å². The van der Waals surface area contributed by atoms with Gasteiger partial charge in [0.15, 0.2) is 0 Å². The molecule has 2 saturated carbocycles. The lowest BCUT2D eigenvalue weighted by atomic mass is 9.55. The molecule has 0 unspecified atom stereocenters. The number of hydrogen-bond acceptors (Lipinski definition) is 4. The van der Waals surface area contributed by atoms with Crippen LogP contribution >= 0.6 is 0 Å². The number of aryl methyl sites for hydroxylation is 1. The fourth-order valence-corrected chi connectivity index (χ4v) is 7.75. The summed E-state index contributed by atoms with van der Waals surface area (Å²) in [7, 11) is 0. The number of anilines is 2. The molecule has 186 valence electrons. The Morgan fingerprint density at radius 3 is 2.63 bits per heavy atom. The van der Waals surface area contributed by atoms with E-state index in [0.29, 0.717) is 23.5 Å². The van der Waals surface area contributed by atoms with Crippen molar-refractivity contribution >= 4 is 17.5 Å². The maximum atomic E-state index is 12.6. The van der Waals surface area contributed by atoms with Crippen LogP contribution < -0.4 is 15.0 Å². The predicted octanol–water partition coefficient (Wildman–Crippen LogP) is 6.50. The van der Waals surface area contributed by atoms with Crippen molar-refractivity contribution in [2.45, 2.75) is 76.7 Å². The van der Waals surface area contributed by atoms with Crippen molar-refractivity contribution < 1.29 is 14.6 Å². The van der Waals surface area contributed by atoms with E-state index in [4.69, 9.17) is 4.74 Å². The molecule has 2 N–H and O–H groups in total. The molecule has 6 rings (SSSR count). The van der Waals surface area contributed by atoms with E-state index < -0.39 is 6.09 Å². The van der Waals surface area contributed by atoms with Crippen LogP contribution in [-0.4, -0.2) is 30.4 Å². The highest BCUT2D eigenvalue weighted by Gasteiger charge is 2.54. The highest BCUT2D eigenvalue weighted by molar-refractivity contribution is 5.86. The summed E-state index contributed by atoms with van der Waals surface area (Å²) in [6.07, 6.45) is 9.80. The van der Waals surface area contributed by atoms with Crippen molar-refractivity contribution in [3.05, 3.63) is 53.6 Å². The van der Waals surface area contributed by atoms with Gasteiger partial charge in [0.25, 0.3) is 0 Å². The normalized spacial score (nSPS) is 31.8. The van der Waals surface area contributed by atoms with Crippen LogP contribution in [0.3, 0.4) is 0 Å². The molecule has 0 bridgehead atoms.